The van der Waals surface area contributed by atoms with Gasteiger partial charge in [0.05, 0.1) is 10.8 Å². The van der Waals surface area contributed by atoms with Crippen molar-refractivity contribution in [3.63, 3.8) is 0 Å². The zero-order valence-corrected chi connectivity index (χ0v) is 12.7. The molecule has 0 saturated heterocycles. The van der Waals surface area contributed by atoms with Crippen LogP contribution in [0.25, 0.3) is 0 Å². The van der Waals surface area contributed by atoms with Gasteiger partial charge in [-0.2, -0.15) is 13.2 Å². The minimum Gasteiger partial charge on any atom is -0.279 e. The van der Waals surface area contributed by atoms with Crippen LogP contribution < -0.4 is 4.72 Å². The Hall–Kier alpha value is -1.25. The maximum absolute atomic E-state index is 12.2. The van der Waals surface area contributed by atoms with Crippen LogP contribution in [-0.2, 0) is 16.4 Å². The summed E-state index contributed by atoms with van der Waals surface area (Å²) < 4.78 is 63.3. The third-order valence-electron chi connectivity index (χ3n) is 2.42. The van der Waals surface area contributed by atoms with Gasteiger partial charge in [0.2, 0.25) is 0 Å². The average Bonchev–Trinajstić information content (AvgIpc) is 2.77. The van der Waals surface area contributed by atoms with E-state index >= 15 is 0 Å². The van der Waals surface area contributed by atoms with Crippen LogP contribution in [0, 0.1) is 0 Å². The van der Waals surface area contributed by atoms with Crippen molar-refractivity contribution >= 4 is 38.6 Å². The summed E-state index contributed by atoms with van der Waals surface area (Å²) in [5.74, 6) is 0. The van der Waals surface area contributed by atoms with Crippen molar-refractivity contribution in [2.24, 2.45) is 0 Å². The van der Waals surface area contributed by atoms with Crippen LogP contribution in [0.1, 0.15) is 5.56 Å². The molecule has 0 spiro atoms. The third-order valence-corrected chi connectivity index (χ3v) is 5.53. The molecule has 0 radical (unpaired) electrons. The Morgan fingerprint density at radius 3 is 2.19 bits per heavy atom. The molecule has 2 rings (SSSR count). The van der Waals surface area contributed by atoms with E-state index in [0.29, 0.717) is 4.34 Å². The fraction of sp³-hybridized carbons (Fsp3) is 0.167. The molecule has 9 heteroatoms. The maximum Gasteiger partial charge on any atom is 0.393 e. The number of alkyl halides is 3. The lowest BCUT2D eigenvalue weighted by atomic mass is 10.1. The highest BCUT2D eigenvalue weighted by Gasteiger charge is 2.27. The summed E-state index contributed by atoms with van der Waals surface area (Å²) in [6.45, 7) is 0. The molecule has 2 aromatic rings. The fourth-order valence-corrected chi connectivity index (χ4v) is 4.11. The van der Waals surface area contributed by atoms with E-state index in [0.717, 1.165) is 11.3 Å². The Labute approximate surface area is 128 Å². The van der Waals surface area contributed by atoms with E-state index in [4.69, 9.17) is 11.6 Å². The van der Waals surface area contributed by atoms with E-state index in [-0.39, 0.29) is 15.5 Å². The van der Waals surface area contributed by atoms with E-state index in [1.165, 1.54) is 36.4 Å². The first-order chi connectivity index (χ1) is 9.66. The quantitative estimate of drug-likeness (QED) is 0.888. The van der Waals surface area contributed by atoms with E-state index in [1.807, 2.05) is 0 Å². The van der Waals surface area contributed by atoms with Crippen LogP contribution in [0.2, 0.25) is 4.34 Å². The van der Waals surface area contributed by atoms with E-state index in [9.17, 15) is 21.6 Å². The predicted molar refractivity (Wildman–Crippen MR) is 76.3 cm³/mol. The van der Waals surface area contributed by atoms with Crippen molar-refractivity contribution in [1.29, 1.82) is 0 Å². The highest BCUT2D eigenvalue weighted by atomic mass is 35.5. The monoisotopic (exact) mass is 355 g/mol. The van der Waals surface area contributed by atoms with Gasteiger partial charge in [-0.3, -0.25) is 4.72 Å². The standard InChI is InChI=1S/C12H9ClF3NO2S2/c13-10-5-6-11(20-10)21(18,19)17-9-3-1-8(2-4-9)7-12(14,15)16/h1-6,17H,7H2. The molecule has 1 heterocycles. The molecule has 0 aliphatic carbocycles. The second-order valence-corrected chi connectivity index (χ2v) is 7.78. The molecule has 0 unspecified atom stereocenters. The second kappa shape index (κ2) is 5.86. The first-order valence-corrected chi connectivity index (χ1v) is 8.27. The number of hydrogen-bond donors (Lipinski definition) is 1. The zero-order valence-electron chi connectivity index (χ0n) is 10.3. The van der Waals surface area contributed by atoms with Crippen molar-refractivity contribution < 1.29 is 21.6 Å². The molecule has 1 aromatic carbocycles. The van der Waals surface area contributed by atoms with Crippen molar-refractivity contribution in [1.82, 2.24) is 0 Å². The van der Waals surface area contributed by atoms with Crippen LogP contribution in [0.15, 0.2) is 40.6 Å². The summed E-state index contributed by atoms with van der Waals surface area (Å²) in [6.07, 6.45) is -5.35. The van der Waals surface area contributed by atoms with E-state index in [1.54, 1.807) is 0 Å². The molecule has 1 N–H and O–H groups in total. The molecule has 0 saturated carbocycles. The van der Waals surface area contributed by atoms with Crippen molar-refractivity contribution in [3.8, 4) is 0 Å². The number of hydrogen-bond acceptors (Lipinski definition) is 3. The Balaban J connectivity index is 2.13. The van der Waals surface area contributed by atoms with E-state index < -0.39 is 22.6 Å². The molecule has 0 amide bonds. The summed E-state index contributed by atoms with van der Waals surface area (Å²) >= 11 is 6.56. The van der Waals surface area contributed by atoms with Gasteiger partial charge in [-0.1, -0.05) is 23.7 Å². The first-order valence-electron chi connectivity index (χ1n) is 5.59. The molecule has 1 aromatic heterocycles. The lowest BCUT2D eigenvalue weighted by Crippen LogP contribution is -2.13. The third kappa shape index (κ3) is 4.62. The lowest BCUT2D eigenvalue weighted by Gasteiger charge is -2.09. The summed E-state index contributed by atoms with van der Waals surface area (Å²) in [5, 5.41) is 0. The first kappa shape index (κ1) is 16.1. The normalized spacial score (nSPS) is 12.4. The van der Waals surface area contributed by atoms with Crippen molar-refractivity contribution in [2.75, 3.05) is 4.72 Å². The minimum absolute atomic E-state index is 0.0341. The molecule has 3 nitrogen and oxygen atoms in total. The van der Waals surface area contributed by atoms with E-state index in [2.05, 4.69) is 4.72 Å². The highest BCUT2D eigenvalue weighted by molar-refractivity contribution is 7.94. The highest BCUT2D eigenvalue weighted by Crippen LogP contribution is 2.28. The fourth-order valence-electron chi connectivity index (χ4n) is 1.57. The summed E-state index contributed by atoms with van der Waals surface area (Å²) in [7, 11) is -3.78. The van der Waals surface area contributed by atoms with Gasteiger partial charge in [-0.25, -0.2) is 8.42 Å². The van der Waals surface area contributed by atoms with Gasteiger partial charge >= 0.3 is 6.18 Å². The minimum atomic E-state index is -4.30. The average molecular weight is 356 g/mol. The largest absolute Gasteiger partial charge is 0.393 e. The topological polar surface area (TPSA) is 46.2 Å². The van der Waals surface area contributed by atoms with Crippen LogP contribution in [0.3, 0.4) is 0 Å². The van der Waals surface area contributed by atoms with Gasteiger partial charge in [-0.05, 0) is 29.8 Å². The van der Waals surface area contributed by atoms with Gasteiger partial charge in [0, 0.05) is 5.69 Å². The molecule has 0 atom stereocenters. The number of rotatable bonds is 4. The molecular weight excluding hydrogens is 347 g/mol. The second-order valence-electron chi connectivity index (χ2n) is 4.15. The van der Waals surface area contributed by atoms with Crippen molar-refractivity contribution in [2.45, 2.75) is 16.8 Å². The summed E-state index contributed by atoms with van der Waals surface area (Å²) in [4.78, 5) is 0. The summed E-state index contributed by atoms with van der Waals surface area (Å²) in [6, 6.07) is 7.84. The zero-order chi connectivity index (χ0) is 15.7. The van der Waals surface area contributed by atoms with Gasteiger partial charge in [0.1, 0.15) is 4.21 Å². The number of anilines is 1. The molecule has 114 valence electrons. The summed E-state index contributed by atoms with van der Waals surface area (Å²) in [5.41, 5.74) is 0.245. The molecule has 0 aliphatic rings. The van der Waals surface area contributed by atoms with Gasteiger partial charge in [0.15, 0.2) is 0 Å². The molecule has 0 bridgehead atoms. The van der Waals surface area contributed by atoms with Crippen LogP contribution in [0.4, 0.5) is 18.9 Å². The smallest absolute Gasteiger partial charge is 0.279 e. The van der Waals surface area contributed by atoms with Gasteiger partial charge in [-0.15, -0.1) is 11.3 Å². The van der Waals surface area contributed by atoms with Crippen molar-refractivity contribution in [3.05, 3.63) is 46.3 Å². The predicted octanol–water partition coefficient (Wildman–Crippen LogP) is 4.31. The Kier molecular flexibility index (Phi) is 4.50. The Morgan fingerprint density at radius 2 is 1.71 bits per heavy atom. The molecular formula is C12H9ClF3NO2S2. The van der Waals surface area contributed by atoms with Crippen LogP contribution in [-0.4, -0.2) is 14.6 Å². The Morgan fingerprint density at radius 1 is 1.10 bits per heavy atom. The number of thiophene rings is 1. The number of benzene rings is 1. The van der Waals surface area contributed by atoms with Crippen LogP contribution >= 0.6 is 22.9 Å². The number of nitrogens with one attached hydrogen (secondary N) is 1. The van der Waals surface area contributed by atoms with Gasteiger partial charge < -0.3 is 0 Å². The lowest BCUT2D eigenvalue weighted by molar-refractivity contribution is -0.127. The molecule has 0 fully saturated rings. The number of halogens is 4. The molecule has 0 aliphatic heterocycles. The number of sulfonamides is 1. The molecule has 21 heavy (non-hydrogen) atoms. The SMILES string of the molecule is O=S(=O)(Nc1ccc(CC(F)(F)F)cc1)c1ccc(Cl)s1. The van der Waals surface area contributed by atoms with Gasteiger partial charge in [0.25, 0.3) is 10.0 Å². The maximum atomic E-state index is 12.2. The Bertz CT molecular complexity index is 724. The van der Waals surface area contributed by atoms with Crippen LogP contribution in [0.5, 0.6) is 0 Å².